The van der Waals surface area contributed by atoms with Crippen molar-refractivity contribution in [1.29, 1.82) is 0 Å². The molecule has 0 aliphatic heterocycles. The number of hydrogen-bond acceptors (Lipinski definition) is 4. The first-order chi connectivity index (χ1) is 7.12. The van der Waals surface area contributed by atoms with Gasteiger partial charge >= 0.3 is 93.8 Å². The van der Waals surface area contributed by atoms with Crippen LogP contribution in [0.25, 0.3) is 0 Å². The van der Waals surface area contributed by atoms with Crippen molar-refractivity contribution in [3.05, 3.63) is 36.0 Å². The van der Waals surface area contributed by atoms with Crippen molar-refractivity contribution in [1.82, 2.24) is 9.19 Å². The Kier molecular flexibility index (Phi) is 2.73. The molecule has 4 nitrogen and oxygen atoms in total. The molecule has 0 amide bonds. The molecule has 0 saturated carbocycles. The fourth-order valence-corrected chi connectivity index (χ4v) is 4.69. The molecular formula is C9H8N2O2SSe. The van der Waals surface area contributed by atoms with E-state index < -0.39 is 24.6 Å². The Hall–Kier alpha value is -0.971. The summed E-state index contributed by atoms with van der Waals surface area (Å²) in [4.78, 5) is 0.313. The average molecular weight is 287 g/mol. The van der Waals surface area contributed by atoms with Gasteiger partial charge < -0.3 is 0 Å². The van der Waals surface area contributed by atoms with Crippen LogP contribution in [0.1, 0.15) is 5.69 Å². The van der Waals surface area contributed by atoms with Crippen LogP contribution in [0, 0.1) is 6.92 Å². The SMILES string of the molecule is Cc1nn[se]c1S(=O)(=O)c1ccccc1. The zero-order valence-corrected chi connectivity index (χ0v) is 10.4. The Bertz CT molecular complexity index is 563. The van der Waals surface area contributed by atoms with Crippen molar-refractivity contribution in [2.75, 3.05) is 0 Å². The summed E-state index contributed by atoms with van der Waals surface area (Å²) >= 11 is -0.404. The van der Waals surface area contributed by atoms with Crippen LogP contribution in [0.15, 0.2) is 39.0 Å². The van der Waals surface area contributed by atoms with E-state index in [9.17, 15) is 8.42 Å². The Morgan fingerprint density at radius 1 is 1.20 bits per heavy atom. The zero-order chi connectivity index (χ0) is 10.9. The van der Waals surface area contributed by atoms with Gasteiger partial charge in [-0.05, 0) is 0 Å². The van der Waals surface area contributed by atoms with Gasteiger partial charge in [0, 0.05) is 0 Å². The molecule has 1 aromatic carbocycles. The predicted octanol–water partition coefficient (Wildman–Crippen LogP) is 0.675. The summed E-state index contributed by atoms with van der Waals surface area (Å²) in [5, 5.41) is 3.76. The van der Waals surface area contributed by atoms with Gasteiger partial charge in [-0.25, -0.2) is 0 Å². The first kappa shape index (κ1) is 10.5. The Morgan fingerprint density at radius 3 is 2.40 bits per heavy atom. The molecule has 0 aliphatic carbocycles. The molecule has 0 fully saturated rings. The van der Waals surface area contributed by atoms with Gasteiger partial charge in [0.05, 0.1) is 0 Å². The number of hydrogen-bond donors (Lipinski definition) is 0. The summed E-state index contributed by atoms with van der Waals surface area (Å²) in [5.74, 6) is 0. The molecule has 0 unspecified atom stereocenters. The summed E-state index contributed by atoms with van der Waals surface area (Å²) in [6.45, 7) is 1.67. The molecule has 0 atom stereocenters. The van der Waals surface area contributed by atoms with Gasteiger partial charge in [0.2, 0.25) is 0 Å². The van der Waals surface area contributed by atoms with Crippen LogP contribution in [0.3, 0.4) is 0 Å². The van der Waals surface area contributed by atoms with Gasteiger partial charge in [0.1, 0.15) is 0 Å². The van der Waals surface area contributed by atoms with Crippen molar-refractivity contribution in [2.24, 2.45) is 0 Å². The first-order valence-electron chi connectivity index (χ1n) is 4.21. The van der Waals surface area contributed by atoms with Crippen molar-refractivity contribution in [3.8, 4) is 0 Å². The van der Waals surface area contributed by atoms with Crippen LogP contribution in [-0.2, 0) is 9.84 Å². The third kappa shape index (κ3) is 1.88. The second-order valence-corrected chi connectivity index (χ2v) is 7.01. The van der Waals surface area contributed by atoms with Crippen LogP contribution in [0.4, 0.5) is 0 Å². The molecule has 0 saturated heterocycles. The topological polar surface area (TPSA) is 59.9 Å². The van der Waals surface area contributed by atoms with Crippen molar-refractivity contribution in [3.63, 3.8) is 0 Å². The van der Waals surface area contributed by atoms with Crippen LogP contribution < -0.4 is 0 Å². The van der Waals surface area contributed by atoms with E-state index in [4.69, 9.17) is 0 Å². The third-order valence-corrected chi connectivity index (χ3v) is 6.66. The van der Waals surface area contributed by atoms with Crippen molar-refractivity contribution < 1.29 is 8.42 Å². The van der Waals surface area contributed by atoms with Crippen LogP contribution in [0.5, 0.6) is 0 Å². The molecule has 0 bridgehead atoms. The number of nitrogens with zero attached hydrogens (tertiary/aromatic N) is 2. The molecule has 15 heavy (non-hydrogen) atoms. The van der Waals surface area contributed by atoms with Crippen molar-refractivity contribution >= 4 is 24.6 Å². The second-order valence-electron chi connectivity index (χ2n) is 2.96. The van der Waals surface area contributed by atoms with E-state index >= 15 is 0 Å². The monoisotopic (exact) mass is 288 g/mol. The van der Waals surface area contributed by atoms with Gasteiger partial charge in [0.25, 0.3) is 0 Å². The van der Waals surface area contributed by atoms with E-state index in [0.29, 0.717) is 14.4 Å². The van der Waals surface area contributed by atoms with Gasteiger partial charge in [-0.15, -0.1) is 0 Å². The number of rotatable bonds is 2. The quantitative estimate of drug-likeness (QED) is 0.762. The van der Waals surface area contributed by atoms with E-state index in [-0.39, 0.29) is 0 Å². The summed E-state index contributed by atoms with van der Waals surface area (Å²) in [6, 6.07) is 8.38. The van der Waals surface area contributed by atoms with Crippen LogP contribution in [0.2, 0.25) is 0 Å². The summed E-state index contributed by atoms with van der Waals surface area (Å²) < 4.78 is 28.3. The van der Waals surface area contributed by atoms with Gasteiger partial charge in [-0.1, -0.05) is 0 Å². The molecule has 0 N–H and O–H groups in total. The number of aromatic nitrogens is 2. The number of sulfone groups is 1. The molecule has 6 heteroatoms. The first-order valence-corrected chi connectivity index (χ1v) is 7.32. The zero-order valence-electron chi connectivity index (χ0n) is 7.91. The molecule has 1 heterocycles. The van der Waals surface area contributed by atoms with Gasteiger partial charge in [-0.3, -0.25) is 0 Å². The Balaban J connectivity index is 2.60. The normalized spacial score (nSPS) is 11.5. The fourth-order valence-electron chi connectivity index (χ4n) is 1.18. The molecule has 2 rings (SSSR count). The van der Waals surface area contributed by atoms with E-state index in [2.05, 4.69) is 9.19 Å². The maximum absolute atomic E-state index is 12.1. The number of benzene rings is 1. The van der Waals surface area contributed by atoms with E-state index in [0.717, 1.165) is 0 Å². The second kappa shape index (κ2) is 3.89. The van der Waals surface area contributed by atoms with E-state index in [1.807, 2.05) is 0 Å². The Morgan fingerprint density at radius 2 is 1.87 bits per heavy atom. The number of aryl methyl sites for hydroxylation is 1. The van der Waals surface area contributed by atoms with E-state index in [1.54, 1.807) is 37.3 Å². The van der Waals surface area contributed by atoms with Crippen LogP contribution in [-0.4, -0.2) is 32.3 Å². The summed E-state index contributed by atoms with van der Waals surface area (Å²) in [5.41, 5.74) is 0.513. The van der Waals surface area contributed by atoms with E-state index in [1.165, 1.54) is 0 Å². The fraction of sp³-hybridized carbons (Fsp3) is 0.111. The molecule has 2 aromatic rings. The summed E-state index contributed by atoms with van der Waals surface area (Å²) in [7, 11) is -3.37. The molecule has 0 aliphatic rings. The predicted molar refractivity (Wildman–Crippen MR) is 55.6 cm³/mol. The minimum absolute atomic E-state index is 0.313. The molecular weight excluding hydrogens is 279 g/mol. The van der Waals surface area contributed by atoms with Crippen LogP contribution >= 0.6 is 0 Å². The van der Waals surface area contributed by atoms with Gasteiger partial charge in [-0.2, -0.15) is 0 Å². The third-order valence-electron chi connectivity index (χ3n) is 1.91. The van der Waals surface area contributed by atoms with Crippen molar-refractivity contribution in [2.45, 2.75) is 15.6 Å². The van der Waals surface area contributed by atoms with Gasteiger partial charge in [0.15, 0.2) is 0 Å². The standard InChI is InChI=1S/C9H8N2O2SSe/c1-7-9(15-11-10-7)14(12,13)8-5-3-2-4-6-8/h2-6H,1H3. The molecule has 0 spiro atoms. The molecule has 1 aromatic heterocycles. The minimum atomic E-state index is -3.37. The Labute approximate surface area is 93.9 Å². The molecule has 0 radical (unpaired) electrons. The maximum atomic E-state index is 12.1. The summed E-state index contributed by atoms with van der Waals surface area (Å²) in [6.07, 6.45) is 0. The molecule has 78 valence electrons. The average Bonchev–Trinajstić information content (AvgIpc) is 2.66.